The zero-order chi connectivity index (χ0) is 29.1. The number of piperidine rings is 1. The van der Waals surface area contributed by atoms with E-state index in [1.807, 2.05) is 0 Å². The van der Waals surface area contributed by atoms with Crippen LogP contribution in [0.2, 0.25) is 0 Å². The molecular formula is C28H32F3N7O3. The quantitative estimate of drug-likeness (QED) is 0.449. The molecule has 2 fully saturated rings. The van der Waals surface area contributed by atoms with Crippen LogP contribution in [0.5, 0.6) is 0 Å². The van der Waals surface area contributed by atoms with Crippen LogP contribution in [0.25, 0.3) is 5.65 Å². The molecule has 41 heavy (non-hydrogen) atoms. The highest BCUT2D eigenvalue weighted by Crippen LogP contribution is 2.40. The van der Waals surface area contributed by atoms with Crippen molar-refractivity contribution in [1.82, 2.24) is 24.4 Å². The molecule has 3 aliphatic rings. The molecule has 0 radical (unpaired) electrons. The summed E-state index contributed by atoms with van der Waals surface area (Å²) < 4.78 is 46.9. The molecule has 2 atom stereocenters. The van der Waals surface area contributed by atoms with Gasteiger partial charge >= 0.3 is 0 Å². The van der Waals surface area contributed by atoms with Gasteiger partial charge in [0.2, 0.25) is 0 Å². The van der Waals surface area contributed by atoms with Gasteiger partial charge in [-0.25, -0.2) is 22.7 Å². The number of carbonyl (C=O) groups excluding carboxylic acids is 2. The summed E-state index contributed by atoms with van der Waals surface area (Å²) in [5.41, 5.74) is 0.213. The van der Waals surface area contributed by atoms with Gasteiger partial charge < -0.3 is 20.2 Å². The predicted molar refractivity (Wildman–Crippen MR) is 145 cm³/mol. The van der Waals surface area contributed by atoms with E-state index in [2.05, 4.69) is 15.4 Å². The number of rotatable bonds is 7. The maximum Gasteiger partial charge on any atom is 0.280 e. The topological polar surface area (TPSA) is 106 Å². The summed E-state index contributed by atoms with van der Waals surface area (Å²) in [5.74, 6) is -4.00. The maximum absolute atomic E-state index is 15.4. The van der Waals surface area contributed by atoms with Crippen molar-refractivity contribution in [3.63, 3.8) is 0 Å². The van der Waals surface area contributed by atoms with Gasteiger partial charge in [0, 0.05) is 31.0 Å². The molecule has 1 unspecified atom stereocenters. The first kappa shape index (κ1) is 27.5. The Balaban J connectivity index is 1.33. The van der Waals surface area contributed by atoms with Crippen molar-refractivity contribution in [3.05, 3.63) is 53.5 Å². The Morgan fingerprint density at radius 3 is 2.73 bits per heavy atom. The van der Waals surface area contributed by atoms with Crippen LogP contribution in [-0.4, -0.2) is 97.8 Å². The summed E-state index contributed by atoms with van der Waals surface area (Å²) in [5, 5.41) is 17.0. The van der Waals surface area contributed by atoms with Crippen LogP contribution in [0.1, 0.15) is 53.0 Å². The van der Waals surface area contributed by atoms with Gasteiger partial charge in [0.05, 0.1) is 42.3 Å². The lowest BCUT2D eigenvalue weighted by Gasteiger charge is -2.47. The highest BCUT2D eigenvalue weighted by molar-refractivity contribution is 6.10. The number of halogens is 3. The number of aliphatic hydroxyl groups is 1. The third-order valence-corrected chi connectivity index (χ3v) is 8.25. The third kappa shape index (κ3) is 5.01. The molecule has 218 valence electrons. The zero-order valence-electron chi connectivity index (χ0n) is 22.9. The monoisotopic (exact) mass is 571 g/mol. The summed E-state index contributed by atoms with van der Waals surface area (Å²) in [6.45, 7) is 3.42. The molecule has 13 heteroatoms. The van der Waals surface area contributed by atoms with Crippen molar-refractivity contribution in [2.75, 3.05) is 42.9 Å². The first-order valence-corrected chi connectivity index (χ1v) is 13.7. The molecule has 0 saturated carbocycles. The van der Waals surface area contributed by atoms with Crippen LogP contribution in [0, 0.1) is 0 Å². The number of amides is 2. The van der Waals surface area contributed by atoms with Gasteiger partial charge in [0.15, 0.2) is 5.65 Å². The average molecular weight is 572 g/mol. The van der Waals surface area contributed by atoms with Gasteiger partial charge in [-0.05, 0) is 63.5 Å². The smallest absolute Gasteiger partial charge is 0.280 e. The molecule has 0 aliphatic carbocycles. The molecular weight excluding hydrogens is 539 g/mol. The molecule has 6 rings (SSSR count). The summed E-state index contributed by atoms with van der Waals surface area (Å²) >= 11 is 0. The minimum Gasteiger partial charge on any atom is -0.387 e. The predicted octanol–water partition coefficient (Wildman–Crippen LogP) is 2.97. The highest BCUT2D eigenvalue weighted by atomic mass is 19.3. The number of fused-ring (bicyclic) bond motifs is 2. The minimum absolute atomic E-state index is 0.0548. The van der Waals surface area contributed by atoms with E-state index in [-0.39, 0.29) is 42.0 Å². The number of nitrogens with zero attached hydrogens (tertiary/aromatic N) is 6. The van der Waals surface area contributed by atoms with Crippen LogP contribution in [0.15, 0.2) is 36.8 Å². The molecule has 1 aromatic carbocycles. The molecule has 0 bridgehead atoms. The first-order valence-electron chi connectivity index (χ1n) is 13.7. The maximum atomic E-state index is 15.4. The number of hydrogen-bond acceptors (Lipinski definition) is 7. The molecule has 2 aromatic heterocycles. The average Bonchev–Trinajstić information content (AvgIpc) is 3.44. The van der Waals surface area contributed by atoms with Gasteiger partial charge in [0.25, 0.3) is 17.7 Å². The Morgan fingerprint density at radius 2 is 2.05 bits per heavy atom. The van der Waals surface area contributed by atoms with Crippen LogP contribution in [0.4, 0.5) is 24.5 Å². The second-order valence-electron chi connectivity index (χ2n) is 11.6. The van der Waals surface area contributed by atoms with E-state index in [9.17, 15) is 19.1 Å². The largest absolute Gasteiger partial charge is 0.387 e. The number of anilines is 2. The van der Waals surface area contributed by atoms with E-state index in [4.69, 9.17) is 0 Å². The molecule has 5 heterocycles. The summed E-state index contributed by atoms with van der Waals surface area (Å²) in [6, 6.07) is 3.92. The van der Waals surface area contributed by atoms with Crippen molar-refractivity contribution in [1.29, 1.82) is 0 Å². The Kier molecular flexibility index (Phi) is 6.68. The number of carbonyl (C=O) groups is 2. The number of likely N-dealkylation sites (tertiary alicyclic amines) is 1. The van der Waals surface area contributed by atoms with Crippen molar-refractivity contribution in [2.45, 2.75) is 57.0 Å². The molecule has 3 aromatic rings. The van der Waals surface area contributed by atoms with E-state index in [1.165, 1.54) is 46.6 Å². The van der Waals surface area contributed by atoms with E-state index in [1.54, 1.807) is 23.2 Å². The van der Waals surface area contributed by atoms with E-state index in [0.717, 1.165) is 6.42 Å². The molecule has 10 nitrogen and oxygen atoms in total. The lowest BCUT2D eigenvalue weighted by atomic mass is 9.95. The summed E-state index contributed by atoms with van der Waals surface area (Å²) in [6.07, 6.45) is 4.00. The number of nitrogens with one attached hydrogen (secondary N) is 1. The normalized spacial score (nSPS) is 21.6. The van der Waals surface area contributed by atoms with Gasteiger partial charge in [-0.15, -0.1) is 0 Å². The molecule has 2 saturated heterocycles. The van der Waals surface area contributed by atoms with Crippen molar-refractivity contribution in [3.8, 4) is 0 Å². The van der Waals surface area contributed by atoms with Gasteiger partial charge in [-0.1, -0.05) is 0 Å². The zero-order valence-corrected chi connectivity index (χ0v) is 22.9. The second-order valence-corrected chi connectivity index (χ2v) is 11.6. The number of hydrogen-bond donors (Lipinski definition) is 2. The fourth-order valence-corrected chi connectivity index (χ4v) is 5.75. The first-order chi connectivity index (χ1) is 19.4. The Labute approximate surface area is 234 Å². The van der Waals surface area contributed by atoms with E-state index < -0.39 is 42.1 Å². The SMILES string of the molecule is CC(C)(O)[C@H](F)CN1Cc2cc(NC(=O)c3cnn4cccnc34)c(N3CCC(N4CCC4)C(F)(F)C3)cc2C1=O. The van der Waals surface area contributed by atoms with E-state index >= 15 is 8.78 Å². The standard InChI is InChI=1S/C28H32F3N7O3/c1-27(2,41)22(29)15-37-14-17-11-20(34-25(39)19-13-33-38-9-3-6-32-24(19)38)21(12-18(17)26(37)40)36-10-5-23(28(30,31)16-36)35-7-4-8-35/h3,6,9,11-13,22-23,41H,4-5,7-8,10,14-16H2,1-2H3,(H,34,39)/t22-,23?/m1/s1. The second kappa shape index (κ2) is 9.98. The molecule has 2 N–H and O–H groups in total. The van der Waals surface area contributed by atoms with Crippen LogP contribution < -0.4 is 10.2 Å². The number of alkyl halides is 3. The molecule has 0 spiro atoms. The van der Waals surface area contributed by atoms with Crippen molar-refractivity contribution >= 4 is 28.8 Å². The van der Waals surface area contributed by atoms with Crippen molar-refractivity contribution in [2.24, 2.45) is 0 Å². The molecule has 3 aliphatic heterocycles. The Hall–Kier alpha value is -3.71. The third-order valence-electron chi connectivity index (χ3n) is 8.25. The lowest BCUT2D eigenvalue weighted by Crippen LogP contribution is -2.61. The summed E-state index contributed by atoms with van der Waals surface area (Å²) in [7, 11) is 0. The number of benzene rings is 1. The van der Waals surface area contributed by atoms with Gasteiger partial charge in [-0.2, -0.15) is 5.10 Å². The minimum atomic E-state index is -3.00. The Morgan fingerprint density at radius 1 is 1.27 bits per heavy atom. The highest BCUT2D eigenvalue weighted by Gasteiger charge is 2.49. The van der Waals surface area contributed by atoms with Crippen molar-refractivity contribution < 1.29 is 27.9 Å². The fourth-order valence-electron chi connectivity index (χ4n) is 5.75. The molecule has 2 amide bonds. The fraction of sp³-hybridized carbons (Fsp3) is 0.500. The van der Waals surface area contributed by atoms with Gasteiger partial charge in [0.1, 0.15) is 11.7 Å². The van der Waals surface area contributed by atoms with Gasteiger partial charge in [-0.3, -0.25) is 14.5 Å². The van der Waals surface area contributed by atoms with Crippen LogP contribution >= 0.6 is 0 Å². The van der Waals surface area contributed by atoms with Crippen LogP contribution in [-0.2, 0) is 6.54 Å². The van der Waals surface area contributed by atoms with E-state index in [0.29, 0.717) is 30.8 Å². The summed E-state index contributed by atoms with van der Waals surface area (Å²) in [4.78, 5) is 35.5. The van der Waals surface area contributed by atoms with Crippen LogP contribution in [0.3, 0.4) is 0 Å². The Bertz CT molecular complexity index is 1500. The number of aromatic nitrogens is 3. The lowest BCUT2D eigenvalue weighted by molar-refractivity contribution is -0.104.